The average Bonchev–Trinajstić information content (AvgIpc) is 2.25. The Labute approximate surface area is 118 Å². The molecule has 0 aromatic heterocycles. The number of carbonyl (C=O) groups is 2. The summed E-state index contributed by atoms with van der Waals surface area (Å²) in [5, 5.41) is 17.4. The third kappa shape index (κ3) is 4.76. The smallest absolute Gasteiger partial charge is 0.317 e. The Balaban J connectivity index is 2.66. The van der Waals surface area contributed by atoms with Gasteiger partial charge >= 0.3 is 11.9 Å². The van der Waals surface area contributed by atoms with Crippen molar-refractivity contribution in [1.29, 1.82) is 0 Å². The van der Waals surface area contributed by atoms with Gasteiger partial charge in [0, 0.05) is 15.8 Å². The van der Waals surface area contributed by atoms with Gasteiger partial charge in [0.2, 0.25) is 0 Å². The maximum Gasteiger partial charge on any atom is 0.317 e. The van der Waals surface area contributed by atoms with E-state index >= 15 is 0 Å². The van der Waals surface area contributed by atoms with Gasteiger partial charge in [-0.1, -0.05) is 29.3 Å². The van der Waals surface area contributed by atoms with Crippen molar-refractivity contribution in [3.05, 3.63) is 33.8 Å². The van der Waals surface area contributed by atoms with Gasteiger partial charge in [0.15, 0.2) is 0 Å². The second-order valence-corrected chi connectivity index (χ2v) is 5.51. The van der Waals surface area contributed by atoms with Crippen LogP contribution in [0.1, 0.15) is 12.0 Å². The molecule has 0 saturated carbocycles. The van der Waals surface area contributed by atoms with Gasteiger partial charge in [0.25, 0.3) is 0 Å². The Hall–Kier alpha value is -0.910. The number of carboxylic acids is 2. The fraction of sp³-hybridized carbons (Fsp3) is 0.273. The molecule has 98 valence electrons. The van der Waals surface area contributed by atoms with E-state index in [4.69, 9.17) is 33.4 Å². The van der Waals surface area contributed by atoms with E-state index in [0.717, 1.165) is 17.3 Å². The van der Waals surface area contributed by atoms with Crippen LogP contribution in [0.2, 0.25) is 10.0 Å². The molecule has 0 aliphatic carbocycles. The lowest BCUT2D eigenvalue weighted by atomic mass is 10.2. The molecular formula is C11H10Cl2O4S. The van der Waals surface area contributed by atoms with Gasteiger partial charge in [-0.25, -0.2) is 0 Å². The van der Waals surface area contributed by atoms with Crippen molar-refractivity contribution in [3.8, 4) is 0 Å². The molecule has 0 saturated heterocycles. The predicted octanol–water partition coefficient (Wildman–Crippen LogP) is 3.15. The van der Waals surface area contributed by atoms with Crippen molar-refractivity contribution in [2.45, 2.75) is 17.4 Å². The summed E-state index contributed by atoms with van der Waals surface area (Å²) >= 11 is 12.7. The Morgan fingerprint density at radius 3 is 2.44 bits per heavy atom. The minimum Gasteiger partial charge on any atom is -0.481 e. The molecule has 0 bridgehead atoms. The van der Waals surface area contributed by atoms with Gasteiger partial charge in [-0.2, -0.15) is 0 Å². The first-order valence-corrected chi connectivity index (χ1v) is 6.70. The van der Waals surface area contributed by atoms with Gasteiger partial charge in [0.05, 0.1) is 6.42 Å². The second-order valence-electron chi connectivity index (χ2n) is 3.47. The van der Waals surface area contributed by atoms with Crippen LogP contribution in [-0.4, -0.2) is 27.4 Å². The third-order valence-electron chi connectivity index (χ3n) is 2.09. The molecule has 0 aliphatic heterocycles. The molecule has 7 heteroatoms. The number of benzene rings is 1. The fourth-order valence-corrected chi connectivity index (χ4v) is 2.80. The highest BCUT2D eigenvalue weighted by atomic mass is 35.5. The van der Waals surface area contributed by atoms with Crippen molar-refractivity contribution >= 4 is 46.9 Å². The van der Waals surface area contributed by atoms with Crippen LogP contribution in [0.25, 0.3) is 0 Å². The van der Waals surface area contributed by atoms with E-state index < -0.39 is 23.6 Å². The molecule has 1 aromatic rings. The molecule has 4 nitrogen and oxygen atoms in total. The van der Waals surface area contributed by atoms with Crippen molar-refractivity contribution in [2.75, 3.05) is 0 Å². The van der Waals surface area contributed by atoms with Crippen LogP contribution in [-0.2, 0) is 15.3 Å². The Morgan fingerprint density at radius 2 is 1.94 bits per heavy atom. The summed E-state index contributed by atoms with van der Waals surface area (Å²) in [4.78, 5) is 21.4. The highest BCUT2D eigenvalue weighted by Gasteiger charge is 2.21. The Morgan fingerprint density at radius 1 is 1.28 bits per heavy atom. The van der Waals surface area contributed by atoms with E-state index in [1.807, 2.05) is 0 Å². The zero-order chi connectivity index (χ0) is 13.7. The summed E-state index contributed by atoms with van der Waals surface area (Å²) in [6.07, 6.45) is -0.425. The highest BCUT2D eigenvalue weighted by molar-refractivity contribution is 7.99. The van der Waals surface area contributed by atoms with Crippen LogP contribution >= 0.6 is 35.0 Å². The van der Waals surface area contributed by atoms with Crippen molar-refractivity contribution in [1.82, 2.24) is 0 Å². The number of aliphatic carboxylic acids is 2. The minimum absolute atomic E-state index is 0.320. The summed E-state index contributed by atoms with van der Waals surface area (Å²) in [7, 11) is 0. The largest absolute Gasteiger partial charge is 0.481 e. The monoisotopic (exact) mass is 308 g/mol. The zero-order valence-corrected chi connectivity index (χ0v) is 11.4. The molecule has 1 rings (SSSR count). The normalized spacial score (nSPS) is 12.1. The van der Waals surface area contributed by atoms with Crippen LogP contribution in [0.3, 0.4) is 0 Å². The molecule has 1 aromatic carbocycles. The van der Waals surface area contributed by atoms with E-state index in [9.17, 15) is 9.59 Å². The van der Waals surface area contributed by atoms with Gasteiger partial charge in [0.1, 0.15) is 5.25 Å². The molecule has 18 heavy (non-hydrogen) atoms. The second kappa shape index (κ2) is 6.87. The quantitative estimate of drug-likeness (QED) is 0.844. The van der Waals surface area contributed by atoms with E-state index in [1.54, 1.807) is 18.2 Å². The van der Waals surface area contributed by atoms with E-state index in [0.29, 0.717) is 15.8 Å². The van der Waals surface area contributed by atoms with Crippen LogP contribution in [0, 0.1) is 0 Å². The summed E-state index contributed by atoms with van der Waals surface area (Å²) < 4.78 is 0. The molecule has 1 atom stereocenters. The van der Waals surface area contributed by atoms with Crippen molar-refractivity contribution in [2.24, 2.45) is 0 Å². The van der Waals surface area contributed by atoms with Gasteiger partial charge in [-0.05, 0) is 17.7 Å². The summed E-state index contributed by atoms with van der Waals surface area (Å²) in [5.74, 6) is -1.97. The van der Waals surface area contributed by atoms with E-state index in [2.05, 4.69) is 0 Å². The lowest BCUT2D eigenvalue weighted by molar-refractivity contribution is -0.142. The van der Waals surface area contributed by atoms with Crippen LogP contribution in [0.5, 0.6) is 0 Å². The van der Waals surface area contributed by atoms with Gasteiger partial charge < -0.3 is 10.2 Å². The van der Waals surface area contributed by atoms with Crippen molar-refractivity contribution in [3.63, 3.8) is 0 Å². The standard InChI is InChI=1S/C11H10Cl2O4S/c12-7-2-1-6(8(13)3-7)5-18-9(11(16)17)4-10(14)15/h1-3,9H,4-5H2,(H,14,15)(H,16,17)/t9-/m1/s1. The molecule has 0 fully saturated rings. The molecule has 0 aliphatic rings. The number of hydrogen-bond acceptors (Lipinski definition) is 3. The number of rotatable bonds is 6. The maximum atomic E-state index is 10.9. The average molecular weight is 309 g/mol. The van der Waals surface area contributed by atoms with Crippen LogP contribution in [0.4, 0.5) is 0 Å². The van der Waals surface area contributed by atoms with Gasteiger partial charge in [-0.15, -0.1) is 11.8 Å². The first-order chi connectivity index (χ1) is 8.40. The van der Waals surface area contributed by atoms with E-state index in [-0.39, 0.29) is 0 Å². The molecule has 2 N–H and O–H groups in total. The topological polar surface area (TPSA) is 74.6 Å². The summed E-state index contributed by atoms with van der Waals surface area (Å²) in [5.41, 5.74) is 0.725. The lowest BCUT2D eigenvalue weighted by Gasteiger charge is -2.10. The molecule has 0 heterocycles. The number of hydrogen-bond donors (Lipinski definition) is 2. The van der Waals surface area contributed by atoms with E-state index in [1.165, 1.54) is 0 Å². The molecule has 0 unspecified atom stereocenters. The highest BCUT2D eigenvalue weighted by Crippen LogP contribution is 2.27. The fourth-order valence-electron chi connectivity index (χ4n) is 1.21. The predicted molar refractivity (Wildman–Crippen MR) is 71.4 cm³/mol. The van der Waals surface area contributed by atoms with Gasteiger partial charge in [-0.3, -0.25) is 9.59 Å². The lowest BCUT2D eigenvalue weighted by Crippen LogP contribution is -2.20. The summed E-state index contributed by atoms with van der Waals surface area (Å²) in [6, 6.07) is 4.90. The summed E-state index contributed by atoms with van der Waals surface area (Å²) in [6.45, 7) is 0. The number of thioether (sulfide) groups is 1. The number of carboxylic acid groups (broad SMARTS) is 2. The van der Waals surface area contributed by atoms with Crippen molar-refractivity contribution < 1.29 is 19.8 Å². The molecule has 0 spiro atoms. The van der Waals surface area contributed by atoms with Crippen LogP contribution in [0.15, 0.2) is 18.2 Å². The third-order valence-corrected chi connectivity index (χ3v) is 3.93. The SMILES string of the molecule is O=C(O)C[C@@H](SCc1ccc(Cl)cc1Cl)C(=O)O. The Kier molecular flexibility index (Phi) is 5.78. The zero-order valence-electron chi connectivity index (χ0n) is 9.10. The first-order valence-electron chi connectivity index (χ1n) is 4.90. The minimum atomic E-state index is -1.15. The molecule has 0 radical (unpaired) electrons. The molecule has 0 amide bonds. The number of halogens is 2. The van der Waals surface area contributed by atoms with Crippen LogP contribution < -0.4 is 0 Å². The molecular weight excluding hydrogens is 299 g/mol. The Bertz CT molecular complexity index is 464. The first kappa shape index (κ1) is 15.1. The maximum absolute atomic E-state index is 10.9.